The van der Waals surface area contributed by atoms with E-state index in [1.54, 1.807) is 0 Å². The van der Waals surface area contributed by atoms with Crippen LogP contribution in [0.1, 0.15) is 43.2 Å². The monoisotopic (exact) mass is 241 g/mol. The largest absolute Gasteiger partial charge is 0.339 e. The zero-order chi connectivity index (χ0) is 20.6. The highest BCUT2D eigenvalue weighted by Crippen LogP contribution is 2.16. The predicted octanol–water partition coefficient (Wildman–Crippen LogP) is 1.85. The second-order valence-electron chi connectivity index (χ2n) is 3.21. The van der Waals surface area contributed by atoms with Crippen molar-refractivity contribution in [3.63, 3.8) is 0 Å². The molecule has 5 heteroatoms. The van der Waals surface area contributed by atoms with Gasteiger partial charge in [-0.1, -0.05) is 0 Å². The Balaban J connectivity index is 2.21. The minimum absolute atomic E-state index is 0.0975. The van der Waals surface area contributed by atoms with Gasteiger partial charge in [0, 0.05) is 32.3 Å². The number of nitrogens with zero attached hydrogens (tertiary/aromatic N) is 3. The first-order valence-corrected chi connectivity index (χ1v) is 4.68. The Bertz CT molecular complexity index is 895. The van der Waals surface area contributed by atoms with Gasteiger partial charge in [-0.25, -0.2) is 4.63 Å². The van der Waals surface area contributed by atoms with Gasteiger partial charge in [-0.3, -0.25) is 4.79 Å². The van der Waals surface area contributed by atoms with E-state index in [4.69, 9.17) is 13.7 Å². The molecule has 1 aliphatic rings. The van der Waals surface area contributed by atoms with Crippen LogP contribution in [0, 0.1) is 0 Å². The Morgan fingerprint density at radius 2 is 2.00 bits per heavy atom. The topological polar surface area (TPSA) is 59.2 Å². The molecule has 17 heavy (non-hydrogen) atoms. The molecule has 3 rings (SSSR count). The van der Waals surface area contributed by atoms with Gasteiger partial charge in [0.1, 0.15) is 11.0 Å². The van der Waals surface area contributed by atoms with Gasteiger partial charge in [0.25, 0.3) is 5.91 Å². The first-order valence-electron chi connectivity index (χ1n) is 9.68. The second-order valence-corrected chi connectivity index (χ2v) is 3.21. The van der Waals surface area contributed by atoms with Crippen molar-refractivity contribution in [2.75, 3.05) is 13.0 Å². The minimum atomic E-state index is -3.58. The molecule has 2 heterocycles. The van der Waals surface area contributed by atoms with E-state index in [-0.39, 0.29) is 21.5 Å². The summed E-state index contributed by atoms with van der Waals surface area (Å²) in [6.07, 6.45) is -10.7. The third-order valence-electron chi connectivity index (χ3n) is 2.16. The van der Waals surface area contributed by atoms with Gasteiger partial charge in [-0.15, -0.1) is 0 Å². The summed E-state index contributed by atoms with van der Waals surface area (Å²) in [7, 11) is 0. The lowest BCUT2D eigenvalue weighted by Crippen LogP contribution is -2.35. The molecule has 2 aromatic rings. The van der Waals surface area contributed by atoms with Crippen LogP contribution in [0.4, 0.5) is 0 Å². The van der Waals surface area contributed by atoms with Gasteiger partial charge >= 0.3 is 0 Å². The number of hydrogen-bond donors (Lipinski definition) is 0. The van der Waals surface area contributed by atoms with Gasteiger partial charge < -0.3 is 4.90 Å². The zero-order valence-corrected chi connectivity index (χ0v) is 8.39. The molecule has 0 unspecified atom stereocenters. The van der Waals surface area contributed by atoms with E-state index < -0.39 is 38.0 Å². The van der Waals surface area contributed by atoms with Crippen LogP contribution >= 0.6 is 0 Å². The number of carbonyl (C=O) groups is 1. The normalized spacial score (nSPS) is 39.9. The van der Waals surface area contributed by atoms with Gasteiger partial charge in [0.05, 0.1) is 0 Å². The van der Waals surface area contributed by atoms with Crippen molar-refractivity contribution < 1.29 is 23.1 Å². The highest BCUT2D eigenvalue weighted by molar-refractivity contribution is 5.97. The molecular weight excluding hydrogens is 218 g/mol. The van der Waals surface area contributed by atoms with Crippen molar-refractivity contribution in [1.82, 2.24) is 15.2 Å². The number of hydrogen-bond acceptors (Lipinski definition) is 4. The fourth-order valence-electron chi connectivity index (χ4n) is 1.37. The van der Waals surface area contributed by atoms with Crippen molar-refractivity contribution >= 4 is 16.9 Å². The van der Waals surface area contributed by atoms with Crippen LogP contribution in [0.25, 0.3) is 11.0 Å². The number of fused-ring (bicyclic) bond motifs is 1. The van der Waals surface area contributed by atoms with E-state index in [0.29, 0.717) is 0 Å². The Morgan fingerprint density at radius 3 is 2.82 bits per heavy atom. The maximum Gasteiger partial charge on any atom is 0.253 e. The Labute approximate surface area is 112 Å². The number of aromatic nitrogens is 2. The van der Waals surface area contributed by atoms with Crippen LogP contribution in [0.2, 0.25) is 0 Å². The molecule has 0 N–H and O–H groups in total. The van der Waals surface area contributed by atoms with E-state index in [9.17, 15) is 4.79 Å². The van der Waals surface area contributed by atoms with Crippen LogP contribution < -0.4 is 0 Å². The lowest BCUT2D eigenvalue weighted by atomic mass is 10.1. The van der Waals surface area contributed by atoms with Gasteiger partial charge in [-0.2, -0.15) is 0 Å². The summed E-state index contributed by atoms with van der Waals surface area (Å²) in [5.74, 6) is -1.38. The third kappa shape index (κ3) is 1.88. The van der Waals surface area contributed by atoms with Crippen LogP contribution in [0.15, 0.2) is 22.8 Å². The molecule has 5 nitrogen and oxygen atoms in total. The highest BCUT2D eigenvalue weighted by atomic mass is 16.6. The van der Waals surface area contributed by atoms with E-state index in [1.165, 1.54) is 6.07 Å². The number of carbonyl (C=O) groups excluding carboxylic acids is 1. The third-order valence-corrected chi connectivity index (χ3v) is 2.16. The molecule has 1 saturated heterocycles. The molecule has 0 atom stereocenters. The average Bonchev–Trinajstić information content (AvgIpc) is 3.00. The van der Waals surface area contributed by atoms with Crippen LogP contribution in [0.3, 0.4) is 0 Å². The van der Waals surface area contributed by atoms with Crippen molar-refractivity contribution in [2.45, 2.75) is 19.1 Å². The smallest absolute Gasteiger partial charge is 0.253 e. The minimum Gasteiger partial charge on any atom is -0.339 e. The summed E-state index contributed by atoms with van der Waals surface area (Å²) in [6.45, 7) is -7.03. The van der Waals surface area contributed by atoms with E-state index in [1.807, 2.05) is 0 Å². The highest BCUT2D eigenvalue weighted by Gasteiger charge is 2.18. The summed E-state index contributed by atoms with van der Waals surface area (Å²) in [5, 5.41) is 7.03. The van der Waals surface area contributed by atoms with Crippen molar-refractivity contribution in [3.05, 3.63) is 23.8 Å². The number of amides is 1. The number of piperidine rings is 1. The van der Waals surface area contributed by atoms with Gasteiger partial charge in [-0.05, 0) is 47.6 Å². The Hall–Kier alpha value is -1.91. The molecule has 1 amide bonds. The summed E-state index contributed by atoms with van der Waals surface area (Å²) in [5.41, 5.74) is 0.0403. The maximum atomic E-state index is 12.9. The van der Waals surface area contributed by atoms with Crippen LogP contribution in [0.5, 0.6) is 0 Å². The first kappa shape index (κ1) is 4.08. The molecule has 1 fully saturated rings. The quantitative estimate of drug-likeness (QED) is 0.764. The van der Waals surface area contributed by atoms with E-state index in [2.05, 4.69) is 14.9 Å². The summed E-state index contributed by atoms with van der Waals surface area (Å²) in [6, 6.07) is 3.54. The Morgan fingerprint density at radius 1 is 1.24 bits per heavy atom. The molecule has 0 aliphatic carbocycles. The molecule has 1 aromatic heterocycles. The van der Waals surface area contributed by atoms with Crippen LogP contribution in [-0.2, 0) is 0 Å². The first-order chi connectivity index (χ1) is 12.1. The van der Waals surface area contributed by atoms with E-state index in [0.717, 1.165) is 12.1 Å². The molecule has 0 bridgehead atoms. The zero-order valence-electron chi connectivity index (χ0n) is 18.4. The molecule has 88 valence electrons. The summed E-state index contributed by atoms with van der Waals surface area (Å²) in [4.78, 5) is 12.7. The lowest BCUT2D eigenvalue weighted by Gasteiger charge is -2.26. The molecule has 0 spiro atoms. The van der Waals surface area contributed by atoms with Gasteiger partial charge in [0.2, 0.25) is 0 Å². The molecule has 1 aliphatic heterocycles. The Kier molecular flexibility index (Phi) is 0.999. The van der Waals surface area contributed by atoms with Crippen molar-refractivity contribution in [3.8, 4) is 0 Å². The average molecular weight is 241 g/mol. The molecule has 0 radical (unpaired) electrons. The molecule has 0 saturated carbocycles. The molecule has 1 aromatic carbocycles. The van der Waals surface area contributed by atoms with Crippen molar-refractivity contribution in [1.29, 1.82) is 0 Å². The molecular formula is C12H13N3O2. The number of likely N-dealkylation sites (tertiary alicyclic amines) is 1. The predicted molar refractivity (Wildman–Crippen MR) is 61.6 cm³/mol. The SMILES string of the molecule is [2H]C1([2H])N(C(=O)c2ccc3nonc3c2)C([2H])([2H])C([2H])([2H])C([2H])([2H])C1([2H])[2H]. The van der Waals surface area contributed by atoms with E-state index >= 15 is 0 Å². The number of benzene rings is 1. The summed E-state index contributed by atoms with van der Waals surface area (Å²) < 4.78 is 83.2. The summed E-state index contributed by atoms with van der Waals surface area (Å²) >= 11 is 0. The van der Waals surface area contributed by atoms with Crippen molar-refractivity contribution in [2.24, 2.45) is 0 Å². The van der Waals surface area contributed by atoms with Crippen LogP contribution in [-0.4, -0.2) is 34.1 Å². The fraction of sp³-hybridized carbons (Fsp3) is 0.417. The fourth-order valence-corrected chi connectivity index (χ4v) is 1.37. The standard InChI is InChI=1S/C12H13N3O2/c16-12(15-6-2-1-3-7-15)9-4-5-10-11(8-9)14-17-13-10/h4-5,8H,1-3,6-7H2/i1D2,2D2,3D2,6D2,7D2. The number of rotatable bonds is 1. The van der Waals surface area contributed by atoms with Gasteiger partial charge in [0.15, 0.2) is 0 Å². The second kappa shape index (κ2) is 4.16. The lowest BCUT2D eigenvalue weighted by molar-refractivity contribution is 0.0724. The maximum absolute atomic E-state index is 12.9.